The van der Waals surface area contributed by atoms with E-state index in [1.54, 1.807) is 49.5 Å². The first-order valence-electron chi connectivity index (χ1n) is 11.8. The summed E-state index contributed by atoms with van der Waals surface area (Å²) >= 11 is 0. The Bertz CT molecular complexity index is 1510. The molecule has 4 aromatic rings. The topological polar surface area (TPSA) is 104 Å². The summed E-state index contributed by atoms with van der Waals surface area (Å²) < 4.78 is 27.7. The van der Waals surface area contributed by atoms with Crippen LogP contribution in [-0.4, -0.2) is 43.6 Å². The third-order valence-corrected chi connectivity index (χ3v) is 6.36. The molecule has 6 rings (SSSR count). The van der Waals surface area contributed by atoms with Crippen molar-refractivity contribution in [3.05, 3.63) is 60.4 Å². The van der Waals surface area contributed by atoms with Gasteiger partial charge in [0, 0.05) is 30.1 Å². The van der Waals surface area contributed by atoms with Crippen molar-refractivity contribution >= 4 is 28.3 Å². The number of carbonyl (C=O) groups excluding carboxylic acids is 1. The molecule has 0 unspecified atom stereocenters. The molecular formula is C27H24N4O6. The van der Waals surface area contributed by atoms with Crippen LogP contribution >= 0.6 is 0 Å². The lowest BCUT2D eigenvalue weighted by Crippen LogP contribution is -2.38. The van der Waals surface area contributed by atoms with Gasteiger partial charge in [0.25, 0.3) is 0 Å². The molecule has 188 valence electrons. The zero-order valence-electron chi connectivity index (χ0n) is 20.3. The molecule has 1 aromatic heterocycles. The number of hydrogen-bond donors (Lipinski definition) is 1. The number of nitrogens with zero attached hydrogens (tertiary/aromatic N) is 3. The number of aromatic nitrogens is 2. The van der Waals surface area contributed by atoms with E-state index in [1.165, 1.54) is 6.33 Å². The van der Waals surface area contributed by atoms with E-state index in [2.05, 4.69) is 15.3 Å². The zero-order valence-corrected chi connectivity index (χ0v) is 20.3. The van der Waals surface area contributed by atoms with Crippen molar-refractivity contribution in [2.75, 3.05) is 37.8 Å². The SMILES string of the molecule is COc1cc2ncnc(Oc3ccc4c(c3)CCCN4C(=O)Nc3ccc4c(c3)OCO4)c2cc1OC. The molecule has 2 amide bonds. The maximum Gasteiger partial charge on any atom is 0.326 e. The van der Waals surface area contributed by atoms with Crippen molar-refractivity contribution in [2.45, 2.75) is 12.8 Å². The summed E-state index contributed by atoms with van der Waals surface area (Å²) in [6, 6.07) is 14.4. The number of methoxy groups -OCH3 is 2. The smallest absolute Gasteiger partial charge is 0.326 e. The number of aryl methyl sites for hydroxylation is 1. The van der Waals surface area contributed by atoms with Gasteiger partial charge in [-0.1, -0.05) is 0 Å². The Balaban J connectivity index is 1.24. The van der Waals surface area contributed by atoms with Gasteiger partial charge in [-0.3, -0.25) is 4.90 Å². The maximum atomic E-state index is 13.1. The molecule has 1 N–H and O–H groups in total. The fourth-order valence-electron chi connectivity index (χ4n) is 4.57. The standard InChI is InChI=1S/C27H24N4O6/c1-33-23-12-19-20(13-24(23)34-2)28-14-29-26(19)37-18-6-7-21-16(10-18)4-3-9-31(21)27(32)30-17-5-8-22-25(11-17)36-15-35-22/h5-8,10-14H,3-4,9,15H2,1-2H3,(H,30,32). The quantitative estimate of drug-likeness (QED) is 0.401. The van der Waals surface area contributed by atoms with Crippen LogP contribution in [0.3, 0.4) is 0 Å². The van der Waals surface area contributed by atoms with Crippen LogP contribution in [0.15, 0.2) is 54.9 Å². The van der Waals surface area contributed by atoms with Crippen molar-refractivity contribution in [2.24, 2.45) is 0 Å². The fraction of sp³-hybridized carbons (Fsp3) is 0.222. The number of carbonyl (C=O) groups is 1. The molecule has 2 aliphatic rings. The summed E-state index contributed by atoms with van der Waals surface area (Å²) in [4.78, 5) is 23.5. The molecule has 10 heteroatoms. The Kier molecular flexibility index (Phi) is 5.76. The van der Waals surface area contributed by atoms with Crippen molar-refractivity contribution in [1.82, 2.24) is 9.97 Å². The number of fused-ring (bicyclic) bond motifs is 3. The third kappa shape index (κ3) is 4.26. The molecule has 10 nitrogen and oxygen atoms in total. The van der Waals surface area contributed by atoms with E-state index in [9.17, 15) is 4.79 Å². The average Bonchev–Trinajstić information content (AvgIpc) is 3.40. The van der Waals surface area contributed by atoms with E-state index in [0.29, 0.717) is 57.8 Å². The van der Waals surface area contributed by atoms with E-state index >= 15 is 0 Å². The number of amides is 2. The largest absolute Gasteiger partial charge is 0.493 e. The molecule has 2 aliphatic heterocycles. The number of rotatable bonds is 5. The molecule has 0 bridgehead atoms. The second kappa shape index (κ2) is 9.38. The second-order valence-electron chi connectivity index (χ2n) is 8.55. The highest BCUT2D eigenvalue weighted by molar-refractivity contribution is 6.02. The minimum absolute atomic E-state index is 0.184. The van der Waals surface area contributed by atoms with Gasteiger partial charge in [-0.25, -0.2) is 14.8 Å². The number of urea groups is 1. The first kappa shape index (κ1) is 22.7. The van der Waals surface area contributed by atoms with Crippen LogP contribution in [0.4, 0.5) is 16.2 Å². The highest BCUT2D eigenvalue weighted by Gasteiger charge is 2.24. The summed E-state index contributed by atoms with van der Waals surface area (Å²) in [6.45, 7) is 0.797. The molecule has 0 fully saturated rings. The van der Waals surface area contributed by atoms with E-state index in [-0.39, 0.29) is 12.8 Å². The van der Waals surface area contributed by atoms with Gasteiger partial charge >= 0.3 is 6.03 Å². The lowest BCUT2D eigenvalue weighted by molar-refractivity contribution is 0.174. The summed E-state index contributed by atoms with van der Waals surface area (Å²) in [5, 5.41) is 3.65. The first-order valence-corrected chi connectivity index (χ1v) is 11.8. The summed E-state index contributed by atoms with van der Waals surface area (Å²) in [5.41, 5.74) is 3.17. The number of benzene rings is 3. The molecule has 3 heterocycles. The molecule has 0 aliphatic carbocycles. The summed E-state index contributed by atoms with van der Waals surface area (Å²) in [7, 11) is 3.15. The van der Waals surface area contributed by atoms with Crippen LogP contribution in [-0.2, 0) is 6.42 Å². The molecule has 0 atom stereocenters. The van der Waals surface area contributed by atoms with Gasteiger partial charge < -0.3 is 29.0 Å². The lowest BCUT2D eigenvalue weighted by Gasteiger charge is -2.30. The number of ether oxygens (including phenoxy) is 5. The highest BCUT2D eigenvalue weighted by atomic mass is 16.7. The average molecular weight is 501 g/mol. The maximum absolute atomic E-state index is 13.1. The monoisotopic (exact) mass is 500 g/mol. The van der Waals surface area contributed by atoms with Crippen LogP contribution in [0, 0.1) is 0 Å². The lowest BCUT2D eigenvalue weighted by atomic mass is 10.0. The summed E-state index contributed by atoms with van der Waals surface area (Å²) in [5.74, 6) is 3.44. The number of anilines is 2. The Labute approximate surface area is 212 Å². The van der Waals surface area contributed by atoms with Gasteiger partial charge in [-0.15, -0.1) is 0 Å². The second-order valence-corrected chi connectivity index (χ2v) is 8.55. The van der Waals surface area contributed by atoms with Gasteiger partial charge in [-0.2, -0.15) is 0 Å². The van der Waals surface area contributed by atoms with Gasteiger partial charge in [0.15, 0.2) is 23.0 Å². The molecule has 0 radical (unpaired) electrons. The van der Waals surface area contributed by atoms with Gasteiger partial charge in [0.1, 0.15) is 12.1 Å². The van der Waals surface area contributed by atoms with E-state index in [0.717, 1.165) is 24.1 Å². The minimum Gasteiger partial charge on any atom is -0.493 e. The van der Waals surface area contributed by atoms with Gasteiger partial charge in [-0.05, 0) is 54.8 Å². The van der Waals surface area contributed by atoms with E-state index in [1.807, 2.05) is 18.2 Å². The molecule has 37 heavy (non-hydrogen) atoms. The summed E-state index contributed by atoms with van der Waals surface area (Å²) in [6.07, 6.45) is 3.11. The molecule has 3 aromatic carbocycles. The van der Waals surface area contributed by atoms with E-state index < -0.39 is 0 Å². The van der Waals surface area contributed by atoms with Crippen LogP contribution < -0.4 is 33.9 Å². The predicted molar refractivity (Wildman–Crippen MR) is 136 cm³/mol. The van der Waals surface area contributed by atoms with Crippen molar-refractivity contribution in [3.63, 3.8) is 0 Å². The number of hydrogen-bond acceptors (Lipinski definition) is 8. The minimum atomic E-state index is -0.212. The van der Waals surface area contributed by atoms with Crippen molar-refractivity contribution < 1.29 is 28.5 Å². The fourth-order valence-corrected chi connectivity index (χ4v) is 4.57. The van der Waals surface area contributed by atoms with Crippen molar-refractivity contribution in [3.8, 4) is 34.6 Å². The first-order chi connectivity index (χ1) is 18.1. The zero-order chi connectivity index (χ0) is 25.4. The van der Waals surface area contributed by atoms with Crippen LogP contribution in [0.2, 0.25) is 0 Å². The highest BCUT2D eigenvalue weighted by Crippen LogP contribution is 2.38. The van der Waals surface area contributed by atoms with Crippen molar-refractivity contribution in [1.29, 1.82) is 0 Å². The Hall–Kier alpha value is -4.73. The van der Waals surface area contributed by atoms with Crippen LogP contribution in [0.1, 0.15) is 12.0 Å². The molecule has 0 saturated carbocycles. The third-order valence-electron chi connectivity index (χ3n) is 6.36. The normalized spacial score (nSPS) is 13.7. The van der Waals surface area contributed by atoms with Crippen LogP contribution in [0.5, 0.6) is 34.6 Å². The Morgan fingerprint density at radius 2 is 1.81 bits per heavy atom. The molecular weight excluding hydrogens is 476 g/mol. The molecule has 0 spiro atoms. The predicted octanol–water partition coefficient (Wildman–Crippen LogP) is 5.15. The Morgan fingerprint density at radius 1 is 0.973 bits per heavy atom. The number of nitrogens with one attached hydrogen (secondary N) is 1. The Morgan fingerprint density at radius 3 is 2.68 bits per heavy atom. The van der Waals surface area contributed by atoms with Gasteiger partial charge in [0.05, 0.1) is 25.1 Å². The molecule has 0 saturated heterocycles. The van der Waals surface area contributed by atoms with E-state index in [4.69, 9.17) is 23.7 Å². The van der Waals surface area contributed by atoms with Gasteiger partial charge in [0.2, 0.25) is 12.7 Å². The van der Waals surface area contributed by atoms with Crippen LogP contribution in [0.25, 0.3) is 10.9 Å².